The van der Waals surface area contributed by atoms with E-state index >= 15 is 0 Å². The maximum atomic E-state index is 12.7. The summed E-state index contributed by atoms with van der Waals surface area (Å²) in [6, 6.07) is 5.25. The molecule has 1 unspecified atom stereocenters. The molecule has 0 bridgehead atoms. The first-order chi connectivity index (χ1) is 15.0. The highest BCUT2D eigenvalue weighted by Crippen LogP contribution is 2.34. The summed E-state index contributed by atoms with van der Waals surface area (Å²) < 4.78 is 38.5. The highest BCUT2D eigenvalue weighted by Gasteiger charge is 2.25. The fourth-order valence-electron chi connectivity index (χ4n) is 4.20. The van der Waals surface area contributed by atoms with Crippen molar-refractivity contribution in [2.45, 2.75) is 30.4 Å². The van der Waals surface area contributed by atoms with Crippen LogP contribution in [0, 0.1) is 0 Å². The maximum Gasteiger partial charge on any atom is 0.176 e. The molecule has 0 spiro atoms. The molecule has 9 nitrogen and oxygen atoms in total. The molecular weight excluding hydrogens is 418 g/mol. The molecule has 2 aliphatic heterocycles. The van der Waals surface area contributed by atoms with Crippen LogP contribution in [0.3, 0.4) is 0 Å². The molecule has 0 aromatic carbocycles. The Labute approximate surface area is 180 Å². The van der Waals surface area contributed by atoms with Crippen LogP contribution in [0.1, 0.15) is 25.5 Å². The first-order valence-electron chi connectivity index (χ1n) is 10.5. The van der Waals surface area contributed by atoms with Crippen LogP contribution in [0.4, 0.5) is 5.82 Å². The van der Waals surface area contributed by atoms with Gasteiger partial charge in [0, 0.05) is 43.7 Å². The molecule has 3 aromatic heterocycles. The number of aromatic nitrogens is 4. The number of anilines is 1. The number of hydrogen-bond donors (Lipinski definition) is 0. The van der Waals surface area contributed by atoms with Crippen LogP contribution >= 0.6 is 0 Å². The summed E-state index contributed by atoms with van der Waals surface area (Å²) in [6.45, 7) is 3.18. The molecule has 164 valence electrons. The van der Waals surface area contributed by atoms with Crippen molar-refractivity contribution in [1.29, 1.82) is 0 Å². The highest BCUT2D eigenvalue weighted by atomic mass is 32.2. The van der Waals surface area contributed by atoms with Crippen molar-refractivity contribution in [2.24, 2.45) is 0 Å². The average molecular weight is 444 g/mol. The largest absolute Gasteiger partial charge is 0.378 e. The Morgan fingerprint density at radius 2 is 1.94 bits per heavy atom. The molecule has 3 aromatic rings. The quantitative estimate of drug-likeness (QED) is 0.606. The molecule has 5 heterocycles. The smallest absolute Gasteiger partial charge is 0.176 e. The van der Waals surface area contributed by atoms with Crippen LogP contribution in [0.15, 0.2) is 35.5 Å². The molecule has 0 amide bonds. The summed E-state index contributed by atoms with van der Waals surface area (Å²) in [5.74, 6) is 0.616. The van der Waals surface area contributed by atoms with Gasteiger partial charge in [0.25, 0.3) is 0 Å². The van der Waals surface area contributed by atoms with Gasteiger partial charge in [-0.3, -0.25) is 4.98 Å². The SMILES string of the molecule is CS(=O)(=O)c1cc(N2CCOCC2)nc2c(-c3ccnn3C3CCCCO3)nccc12. The van der Waals surface area contributed by atoms with Gasteiger partial charge in [-0.2, -0.15) is 5.10 Å². The lowest BCUT2D eigenvalue weighted by Gasteiger charge is -2.28. The Morgan fingerprint density at radius 1 is 1.10 bits per heavy atom. The van der Waals surface area contributed by atoms with Crippen LogP contribution in [0.25, 0.3) is 22.3 Å². The van der Waals surface area contributed by atoms with Crippen molar-refractivity contribution in [2.75, 3.05) is 44.1 Å². The van der Waals surface area contributed by atoms with Crippen LogP contribution in [-0.4, -0.2) is 67.3 Å². The van der Waals surface area contributed by atoms with Gasteiger partial charge in [-0.1, -0.05) is 0 Å². The van der Waals surface area contributed by atoms with Gasteiger partial charge < -0.3 is 14.4 Å². The lowest BCUT2D eigenvalue weighted by molar-refractivity contribution is -0.0383. The second-order valence-corrected chi connectivity index (χ2v) is 9.87. The first-order valence-corrected chi connectivity index (χ1v) is 12.4. The molecule has 0 aliphatic carbocycles. The molecule has 2 saturated heterocycles. The van der Waals surface area contributed by atoms with E-state index in [-0.39, 0.29) is 11.1 Å². The Morgan fingerprint density at radius 3 is 2.68 bits per heavy atom. The molecule has 0 saturated carbocycles. The summed E-state index contributed by atoms with van der Waals surface area (Å²) in [4.78, 5) is 11.8. The van der Waals surface area contributed by atoms with Crippen LogP contribution in [-0.2, 0) is 19.3 Å². The zero-order valence-corrected chi connectivity index (χ0v) is 18.2. The third-order valence-electron chi connectivity index (χ3n) is 5.75. The number of fused-ring (bicyclic) bond motifs is 1. The van der Waals surface area contributed by atoms with Gasteiger partial charge in [0.1, 0.15) is 17.0 Å². The van der Waals surface area contributed by atoms with Crippen molar-refractivity contribution >= 4 is 26.6 Å². The highest BCUT2D eigenvalue weighted by molar-refractivity contribution is 7.91. The Hall–Kier alpha value is -2.56. The number of rotatable bonds is 4. The average Bonchev–Trinajstić information content (AvgIpc) is 3.28. The van der Waals surface area contributed by atoms with Crippen molar-refractivity contribution in [1.82, 2.24) is 19.7 Å². The molecule has 1 atom stereocenters. The molecule has 2 aliphatic rings. The number of sulfone groups is 1. The van der Waals surface area contributed by atoms with Gasteiger partial charge in [0.15, 0.2) is 16.1 Å². The van der Waals surface area contributed by atoms with E-state index in [4.69, 9.17) is 14.5 Å². The van der Waals surface area contributed by atoms with Gasteiger partial charge in [0.2, 0.25) is 0 Å². The van der Waals surface area contributed by atoms with Crippen LogP contribution < -0.4 is 4.90 Å². The summed E-state index contributed by atoms with van der Waals surface area (Å²) in [5, 5.41) is 5.04. The molecule has 10 heteroatoms. The minimum Gasteiger partial charge on any atom is -0.378 e. The molecular formula is C21H25N5O4S. The monoisotopic (exact) mass is 443 g/mol. The van der Waals surface area contributed by atoms with E-state index in [9.17, 15) is 8.42 Å². The minimum absolute atomic E-state index is 0.160. The Bertz CT molecular complexity index is 1200. The number of nitrogens with zero attached hydrogens (tertiary/aromatic N) is 5. The number of morpholine rings is 1. The lowest BCUT2D eigenvalue weighted by atomic mass is 10.1. The molecule has 31 heavy (non-hydrogen) atoms. The topological polar surface area (TPSA) is 99.4 Å². The van der Waals surface area contributed by atoms with E-state index in [0.717, 1.165) is 25.0 Å². The van der Waals surface area contributed by atoms with Gasteiger partial charge in [-0.05, 0) is 37.5 Å². The number of pyridine rings is 2. The predicted octanol–water partition coefficient (Wildman–Crippen LogP) is 2.43. The summed E-state index contributed by atoms with van der Waals surface area (Å²) in [6.07, 6.45) is 7.41. The lowest BCUT2D eigenvalue weighted by Crippen LogP contribution is -2.36. The van der Waals surface area contributed by atoms with E-state index in [1.54, 1.807) is 24.5 Å². The maximum absolute atomic E-state index is 12.7. The van der Waals surface area contributed by atoms with Crippen molar-refractivity contribution in [3.63, 3.8) is 0 Å². The normalized spacial score (nSPS) is 20.3. The molecule has 2 fully saturated rings. The third-order valence-corrected chi connectivity index (χ3v) is 6.89. The molecule has 5 rings (SSSR count). The first kappa shape index (κ1) is 20.3. The summed E-state index contributed by atoms with van der Waals surface area (Å²) in [5.41, 5.74) is 1.91. The van der Waals surface area contributed by atoms with Gasteiger partial charge >= 0.3 is 0 Å². The van der Waals surface area contributed by atoms with E-state index in [1.807, 2.05) is 10.7 Å². The van der Waals surface area contributed by atoms with Crippen LogP contribution in [0.2, 0.25) is 0 Å². The predicted molar refractivity (Wildman–Crippen MR) is 116 cm³/mol. The van der Waals surface area contributed by atoms with E-state index < -0.39 is 9.84 Å². The zero-order chi connectivity index (χ0) is 21.4. The second kappa shape index (κ2) is 8.18. The zero-order valence-electron chi connectivity index (χ0n) is 17.4. The fraction of sp³-hybridized carbons (Fsp3) is 0.476. The number of hydrogen-bond acceptors (Lipinski definition) is 8. The van der Waals surface area contributed by atoms with Crippen molar-refractivity contribution < 1.29 is 17.9 Å². The van der Waals surface area contributed by atoms with Gasteiger partial charge in [-0.15, -0.1) is 0 Å². The van der Waals surface area contributed by atoms with E-state index in [1.165, 1.54) is 6.26 Å². The Balaban J connectivity index is 1.70. The van der Waals surface area contributed by atoms with Gasteiger partial charge in [0.05, 0.1) is 23.8 Å². The Kier molecular flexibility index (Phi) is 5.37. The fourth-order valence-corrected chi connectivity index (χ4v) is 5.09. The summed E-state index contributed by atoms with van der Waals surface area (Å²) >= 11 is 0. The van der Waals surface area contributed by atoms with E-state index in [0.29, 0.717) is 55.3 Å². The standard InChI is InChI=1S/C21H25N5O4S/c1-31(27,28)17-14-18(25-9-12-29-13-10-25)24-20-15(17)5-7-22-21(20)16-6-8-23-26(16)19-4-2-3-11-30-19/h5-8,14,19H,2-4,9-13H2,1H3. The third kappa shape index (κ3) is 3.90. The van der Waals surface area contributed by atoms with Gasteiger partial charge in [-0.25, -0.2) is 18.1 Å². The molecule has 0 radical (unpaired) electrons. The van der Waals surface area contributed by atoms with Crippen molar-refractivity contribution in [3.05, 3.63) is 30.6 Å². The second-order valence-electron chi connectivity index (χ2n) is 7.89. The number of ether oxygens (including phenoxy) is 2. The summed E-state index contributed by atoms with van der Waals surface area (Å²) in [7, 11) is -3.48. The van der Waals surface area contributed by atoms with E-state index in [2.05, 4.69) is 15.0 Å². The minimum atomic E-state index is -3.48. The van der Waals surface area contributed by atoms with Crippen LogP contribution in [0.5, 0.6) is 0 Å². The molecule has 0 N–H and O–H groups in total. The van der Waals surface area contributed by atoms with Crippen molar-refractivity contribution in [3.8, 4) is 11.4 Å².